The zero-order valence-corrected chi connectivity index (χ0v) is 15.7. The van der Waals surface area contributed by atoms with Crippen LogP contribution in [0.4, 0.5) is 0 Å². The fourth-order valence-corrected chi connectivity index (χ4v) is 4.09. The van der Waals surface area contributed by atoms with Crippen molar-refractivity contribution in [2.24, 2.45) is 4.99 Å². The van der Waals surface area contributed by atoms with Crippen molar-refractivity contribution in [3.05, 3.63) is 44.7 Å². The molecule has 1 fully saturated rings. The molecule has 2 heterocycles. The summed E-state index contributed by atoms with van der Waals surface area (Å²) < 4.78 is 6.03. The molecule has 1 saturated heterocycles. The topological polar surface area (TPSA) is 59.0 Å². The number of amidine groups is 1. The van der Waals surface area contributed by atoms with Crippen LogP contribution in [0.3, 0.4) is 0 Å². The fraction of sp³-hybridized carbons (Fsp3) is 0.312. The van der Waals surface area contributed by atoms with Gasteiger partial charge in [0, 0.05) is 15.7 Å². The highest BCUT2D eigenvalue weighted by Gasteiger charge is 2.41. The van der Waals surface area contributed by atoms with E-state index in [1.807, 2.05) is 24.3 Å². The zero-order valence-electron chi connectivity index (χ0n) is 12.7. The number of thioether (sulfide) groups is 1. The number of fused-ring (bicyclic) bond motifs is 1. The molecule has 1 aromatic rings. The predicted molar refractivity (Wildman–Crippen MR) is 98.0 cm³/mol. The van der Waals surface area contributed by atoms with E-state index in [4.69, 9.17) is 4.74 Å². The lowest BCUT2D eigenvalue weighted by Gasteiger charge is -2.38. The van der Waals surface area contributed by atoms with E-state index in [1.54, 1.807) is 23.6 Å². The molecule has 0 bridgehead atoms. The first-order valence-electron chi connectivity index (χ1n) is 7.11. The summed E-state index contributed by atoms with van der Waals surface area (Å²) in [6, 6.07) is 7.34. The number of amides is 1. The minimum atomic E-state index is -0.479. The molecular weight excluding hydrogens is 427 g/mol. The Kier molecular flexibility index (Phi) is 4.77. The Morgan fingerprint density at radius 2 is 2.09 bits per heavy atom. The number of allylic oxidation sites excluding steroid dienone is 1. The number of aliphatic imine (C=N–C) groups is 1. The van der Waals surface area contributed by atoms with E-state index in [1.165, 1.54) is 7.11 Å². The summed E-state index contributed by atoms with van der Waals surface area (Å²) in [4.78, 5) is 30.9. The zero-order chi connectivity index (χ0) is 16.6. The van der Waals surface area contributed by atoms with Crippen LogP contribution >= 0.6 is 34.4 Å². The molecule has 2 aliphatic heterocycles. The second-order valence-corrected chi connectivity index (χ2v) is 7.51. The van der Waals surface area contributed by atoms with E-state index < -0.39 is 12.0 Å². The smallest absolute Gasteiger partial charge is 0.338 e. The van der Waals surface area contributed by atoms with Crippen LogP contribution in [0.5, 0.6) is 0 Å². The molecule has 1 amide bonds. The van der Waals surface area contributed by atoms with E-state index >= 15 is 0 Å². The molecule has 3 rings (SSSR count). The van der Waals surface area contributed by atoms with Crippen LogP contribution in [-0.2, 0) is 14.3 Å². The summed E-state index contributed by atoms with van der Waals surface area (Å²) in [7, 11) is 1.35. The van der Waals surface area contributed by atoms with Gasteiger partial charge in [-0.1, -0.05) is 23.9 Å². The van der Waals surface area contributed by atoms with E-state index in [0.717, 1.165) is 9.13 Å². The lowest BCUT2D eigenvalue weighted by atomic mass is 9.94. The molecule has 0 radical (unpaired) electrons. The van der Waals surface area contributed by atoms with Gasteiger partial charge in [-0.05, 0) is 47.2 Å². The normalized spacial score (nSPS) is 21.0. The molecule has 23 heavy (non-hydrogen) atoms. The number of benzene rings is 1. The maximum Gasteiger partial charge on any atom is 0.338 e. The first-order chi connectivity index (χ1) is 11.0. The van der Waals surface area contributed by atoms with Crippen LogP contribution in [-0.4, -0.2) is 34.8 Å². The molecule has 0 spiro atoms. The predicted octanol–water partition coefficient (Wildman–Crippen LogP) is 3.11. The standard InChI is InChI=1S/C16H15IN2O3S/c1-9-13(15(21)22-2)14(10-3-5-11(17)6-4-10)19-12(20)7-8-23-16(19)18-9/h3-6,14H,7-8H2,1-2H3. The summed E-state index contributed by atoms with van der Waals surface area (Å²) >= 11 is 3.77. The molecule has 2 aliphatic rings. The van der Waals surface area contributed by atoms with E-state index in [0.29, 0.717) is 28.6 Å². The van der Waals surface area contributed by atoms with Crippen molar-refractivity contribution in [2.45, 2.75) is 19.4 Å². The van der Waals surface area contributed by atoms with Gasteiger partial charge in [-0.15, -0.1) is 0 Å². The SMILES string of the molecule is COC(=O)C1=C(C)N=C2SCCC(=O)N2C1c1ccc(I)cc1. The van der Waals surface area contributed by atoms with Gasteiger partial charge >= 0.3 is 5.97 Å². The summed E-state index contributed by atoms with van der Waals surface area (Å²) in [5.74, 6) is 0.256. The number of methoxy groups -OCH3 is 1. The van der Waals surface area contributed by atoms with Gasteiger partial charge in [-0.25, -0.2) is 9.79 Å². The van der Waals surface area contributed by atoms with Crippen molar-refractivity contribution in [3.63, 3.8) is 0 Å². The van der Waals surface area contributed by atoms with E-state index in [-0.39, 0.29) is 5.91 Å². The van der Waals surface area contributed by atoms with Crippen molar-refractivity contribution in [3.8, 4) is 0 Å². The number of hydrogen-bond donors (Lipinski definition) is 0. The lowest BCUT2D eigenvalue weighted by Crippen LogP contribution is -2.45. The van der Waals surface area contributed by atoms with Gasteiger partial charge in [0.15, 0.2) is 5.17 Å². The van der Waals surface area contributed by atoms with Gasteiger partial charge in [0.1, 0.15) is 0 Å². The molecule has 1 atom stereocenters. The molecule has 0 N–H and O–H groups in total. The first kappa shape index (κ1) is 16.5. The summed E-state index contributed by atoms with van der Waals surface area (Å²) in [6.45, 7) is 1.79. The number of carbonyl (C=O) groups excluding carboxylic acids is 2. The van der Waals surface area contributed by atoms with Crippen LogP contribution in [0.2, 0.25) is 0 Å². The number of nitrogens with zero attached hydrogens (tertiary/aromatic N) is 2. The summed E-state index contributed by atoms with van der Waals surface area (Å²) in [5, 5.41) is 0.662. The maximum absolute atomic E-state index is 12.5. The van der Waals surface area contributed by atoms with Gasteiger partial charge < -0.3 is 4.74 Å². The fourth-order valence-electron chi connectivity index (χ4n) is 2.73. The second-order valence-electron chi connectivity index (χ2n) is 5.20. The number of halogens is 1. The van der Waals surface area contributed by atoms with Crippen LogP contribution in [0.25, 0.3) is 0 Å². The summed E-state index contributed by atoms with van der Waals surface area (Å²) in [6.07, 6.45) is 0.443. The van der Waals surface area contributed by atoms with Gasteiger partial charge in [-0.3, -0.25) is 9.69 Å². The Morgan fingerprint density at radius 3 is 2.74 bits per heavy atom. The molecule has 0 aromatic heterocycles. The van der Waals surface area contributed by atoms with Gasteiger partial charge in [0.25, 0.3) is 0 Å². The van der Waals surface area contributed by atoms with Gasteiger partial charge in [0.05, 0.1) is 24.4 Å². The van der Waals surface area contributed by atoms with Gasteiger partial charge in [-0.2, -0.15) is 0 Å². The van der Waals surface area contributed by atoms with Crippen molar-refractivity contribution >= 4 is 51.4 Å². The number of esters is 1. The Bertz CT molecular complexity index is 727. The Balaban J connectivity index is 2.17. The quantitative estimate of drug-likeness (QED) is 0.522. The molecule has 0 aliphatic carbocycles. The van der Waals surface area contributed by atoms with E-state index in [2.05, 4.69) is 27.6 Å². The van der Waals surface area contributed by atoms with Crippen molar-refractivity contribution < 1.29 is 14.3 Å². The number of carbonyl (C=O) groups is 2. The molecule has 7 heteroatoms. The second kappa shape index (κ2) is 6.64. The highest BCUT2D eigenvalue weighted by atomic mass is 127. The van der Waals surface area contributed by atoms with Gasteiger partial charge in [0.2, 0.25) is 5.91 Å². The minimum absolute atomic E-state index is 0.0139. The minimum Gasteiger partial charge on any atom is -0.466 e. The summed E-state index contributed by atoms with van der Waals surface area (Å²) in [5.41, 5.74) is 1.91. The third-order valence-corrected chi connectivity index (χ3v) is 5.47. The molecule has 1 unspecified atom stereocenters. The Morgan fingerprint density at radius 1 is 1.39 bits per heavy atom. The van der Waals surface area contributed by atoms with Crippen molar-refractivity contribution in [1.29, 1.82) is 0 Å². The van der Waals surface area contributed by atoms with Crippen LogP contribution in [0.1, 0.15) is 24.9 Å². The first-order valence-corrected chi connectivity index (χ1v) is 9.17. The third kappa shape index (κ3) is 3.03. The van der Waals surface area contributed by atoms with Crippen LogP contribution < -0.4 is 0 Å². The number of ether oxygens (including phenoxy) is 1. The average molecular weight is 442 g/mol. The number of rotatable bonds is 2. The molecule has 5 nitrogen and oxygen atoms in total. The third-order valence-electron chi connectivity index (χ3n) is 3.80. The Labute approximate surface area is 152 Å². The van der Waals surface area contributed by atoms with Crippen molar-refractivity contribution in [1.82, 2.24) is 4.90 Å². The lowest BCUT2D eigenvalue weighted by molar-refractivity contribution is -0.137. The largest absolute Gasteiger partial charge is 0.466 e. The molecule has 1 aromatic carbocycles. The van der Waals surface area contributed by atoms with Crippen LogP contribution in [0, 0.1) is 3.57 Å². The highest BCUT2D eigenvalue weighted by Crippen LogP contribution is 2.40. The maximum atomic E-state index is 12.5. The number of hydrogen-bond acceptors (Lipinski definition) is 5. The molecule has 120 valence electrons. The Hall–Kier alpha value is -1.35. The highest BCUT2D eigenvalue weighted by molar-refractivity contribution is 14.1. The molecule has 0 saturated carbocycles. The van der Waals surface area contributed by atoms with Crippen molar-refractivity contribution in [2.75, 3.05) is 12.9 Å². The van der Waals surface area contributed by atoms with E-state index in [9.17, 15) is 9.59 Å². The van der Waals surface area contributed by atoms with Crippen LogP contribution in [0.15, 0.2) is 40.5 Å². The monoisotopic (exact) mass is 442 g/mol. The molecular formula is C16H15IN2O3S. The average Bonchev–Trinajstić information content (AvgIpc) is 2.54.